The molecule has 0 aliphatic carbocycles. The highest BCUT2D eigenvalue weighted by atomic mass is 32.2. The van der Waals surface area contributed by atoms with Crippen molar-refractivity contribution in [3.63, 3.8) is 0 Å². The van der Waals surface area contributed by atoms with Gasteiger partial charge in [-0.2, -0.15) is 8.78 Å². The molecule has 0 spiro atoms. The predicted molar refractivity (Wildman–Crippen MR) is 120 cm³/mol. The maximum atomic E-state index is 14.5. The average molecular weight is 493 g/mol. The number of rotatable bonds is 7. The minimum atomic E-state index is -3.69. The van der Waals surface area contributed by atoms with Crippen molar-refractivity contribution in [3.05, 3.63) is 71.7 Å². The van der Waals surface area contributed by atoms with E-state index >= 15 is 0 Å². The van der Waals surface area contributed by atoms with Gasteiger partial charge in [0.1, 0.15) is 5.82 Å². The van der Waals surface area contributed by atoms with Crippen LogP contribution >= 0.6 is 0 Å². The van der Waals surface area contributed by atoms with Gasteiger partial charge in [0, 0.05) is 37.9 Å². The molecule has 3 aromatic rings. The molecule has 1 aliphatic rings. The summed E-state index contributed by atoms with van der Waals surface area (Å²) in [4.78, 5) is 26.6. The lowest BCUT2D eigenvalue weighted by Gasteiger charge is -2.29. The molecule has 6 nitrogen and oxygen atoms in total. The van der Waals surface area contributed by atoms with Crippen molar-refractivity contribution in [2.75, 3.05) is 6.26 Å². The van der Waals surface area contributed by atoms with Gasteiger partial charge in [-0.15, -0.1) is 0 Å². The van der Waals surface area contributed by atoms with Crippen LogP contribution in [0.1, 0.15) is 36.9 Å². The van der Waals surface area contributed by atoms with Crippen LogP contribution in [-0.4, -0.2) is 41.2 Å². The quantitative estimate of drug-likeness (QED) is 0.493. The van der Waals surface area contributed by atoms with Gasteiger partial charge in [0.2, 0.25) is 21.7 Å². The summed E-state index contributed by atoms with van der Waals surface area (Å²) in [6.45, 7) is 0.463. The first-order valence-electron chi connectivity index (χ1n) is 10.6. The van der Waals surface area contributed by atoms with E-state index in [-0.39, 0.29) is 24.4 Å². The van der Waals surface area contributed by atoms with Crippen molar-refractivity contribution in [2.24, 2.45) is 5.92 Å². The van der Waals surface area contributed by atoms with E-state index in [1.54, 1.807) is 30.3 Å². The maximum absolute atomic E-state index is 14.5. The summed E-state index contributed by atoms with van der Waals surface area (Å²) in [5.41, 5.74) is 1.18. The summed E-state index contributed by atoms with van der Waals surface area (Å²) < 4.78 is 66.8. The Morgan fingerprint density at radius 2 is 1.82 bits per heavy atom. The molecule has 34 heavy (non-hydrogen) atoms. The van der Waals surface area contributed by atoms with Gasteiger partial charge >= 0.3 is 5.92 Å². The molecule has 0 N–H and O–H groups in total. The van der Waals surface area contributed by atoms with Gasteiger partial charge in [-0.3, -0.25) is 9.59 Å². The Morgan fingerprint density at radius 3 is 2.44 bits per heavy atom. The molecule has 2 heterocycles. The zero-order valence-electron chi connectivity index (χ0n) is 18.5. The molecule has 1 aromatic heterocycles. The Hall–Kier alpha value is -3.14. The molecule has 0 bridgehead atoms. The summed E-state index contributed by atoms with van der Waals surface area (Å²) in [6.07, 6.45) is 1.73. The number of ketones is 1. The van der Waals surface area contributed by atoms with Crippen LogP contribution in [0.15, 0.2) is 54.7 Å². The van der Waals surface area contributed by atoms with Crippen molar-refractivity contribution in [1.82, 2.24) is 8.87 Å². The normalized spacial score (nSPS) is 19.2. The molecule has 4 rings (SSSR count). The second-order valence-corrected chi connectivity index (χ2v) is 10.6. The number of benzene rings is 2. The number of amides is 1. The van der Waals surface area contributed by atoms with Crippen molar-refractivity contribution in [1.29, 1.82) is 0 Å². The number of carbonyl (C=O) groups excluding carboxylic acids is 2. The highest BCUT2D eigenvalue weighted by Crippen LogP contribution is 2.42. The Morgan fingerprint density at radius 1 is 1.15 bits per heavy atom. The molecule has 0 saturated carbocycles. The number of nitrogens with zero attached hydrogens (tertiary/aromatic N) is 2. The standard InChI is InChI=1S/C24H23F3N2O4S/c1-24(26,27)21(30)11-16-12-22(31)28(23(16)15-6-4-3-5-7-15)14-17-10-18(25)13-20-19(17)8-9-29(20)34(2,32)33/h3-10,13,16,23H,11-12,14H2,1-2H3/t16-,23+/m0/s1. The van der Waals surface area contributed by atoms with Gasteiger partial charge in [0.05, 0.1) is 17.8 Å². The van der Waals surface area contributed by atoms with Crippen LogP contribution in [0.4, 0.5) is 13.2 Å². The van der Waals surface area contributed by atoms with E-state index in [0.717, 1.165) is 16.3 Å². The lowest BCUT2D eigenvalue weighted by atomic mass is 9.88. The Labute approximate surface area is 195 Å². The topological polar surface area (TPSA) is 76.5 Å². The number of halogens is 3. The van der Waals surface area contributed by atoms with E-state index in [9.17, 15) is 31.2 Å². The predicted octanol–water partition coefficient (Wildman–Crippen LogP) is 4.29. The van der Waals surface area contributed by atoms with Crippen molar-refractivity contribution < 1.29 is 31.2 Å². The third kappa shape index (κ3) is 4.59. The molecule has 0 unspecified atom stereocenters. The number of aromatic nitrogens is 1. The average Bonchev–Trinajstić information content (AvgIpc) is 3.29. The fraction of sp³-hybridized carbons (Fsp3) is 0.333. The highest BCUT2D eigenvalue weighted by molar-refractivity contribution is 7.89. The number of carbonyl (C=O) groups is 2. The minimum Gasteiger partial charge on any atom is -0.331 e. The third-order valence-electron chi connectivity index (χ3n) is 6.14. The van der Waals surface area contributed by atoms with E-state index in [2.05, 4.69) is 0 Å². The second kappa shape index (κ2) is 8.57. The second-order valence-electron chi connectivity index (χ2n) is 8.73. The van der Waals surface area contributed by atoms with Gasteiger partial charge in [0.25, 0.3) is 0 Å². The maximum Gasteiger partial charge on any atom is 0.302 e. The molecular formula is C24H23F3N2O4S. The molecule has 1 amide bonds. The van der Waals surface area contributed by atoms with E-state index in [0.29, 0.717) is 23.4 Å². The van der Waals surface area contributed by atoms with Crippen LogP contribution in [0.3, 0.4) is 0 Å². The van der Waals surface area contributed by atoms with Crippen LogP contribution < -0.4 is 0 Å². The van der Waals surface area contributed by atoms with Crippen LogP contribution in [0.25, 0.3) is 10.9 Å². The molecule has 10 heteroatoms. The van der Waals surface area contributed by atoms with Crippen LogP contribution in [0.2, 0.25) is 0 Å². The summed E-state index contributed by atoms with van der Waals surface area (Å²) in [5, 5.41) is 0.450. The number of hydrogen-bond acceptors (Lipinski definition) is 4. The van der Waals surface area contributed by atoms with Crippen LogP contribution in [0.5, 0.6) is 0 Å². The van der Waals surface area contributed by atoms with E-state index < -0.39 is 45.9 Å². The van der Waals surface area contributed by atoms with Gasteiger partial charge in [0.15, 0.2) is 0 Å². The Bertz CT molecular complexity index is 1360. The number of alkyl halides is 2. The Balaban J connectivity index is 1.76. The van der Waals surface area contributed by atoms with Crippen LogP contribution in [0, 0.1) is 11.7 Å². The van der Waals surface area contributed by atoms with Gasteiger partial charge < -0.3 is 4.90 Å². The monoisotopic (exact) mass is 492 g/mol. The Kier molecular flexibility index (Phi) is 6.05. The zero-order chi connectivity index (χ0) is 24.8. The van der Waals surface area contributed by atoms with Gasteiger partial charge in [-0.25, -0.2) is 16.8 Å². The smallest absolute Gasteiger partial charge is 0.302 e. The molecule has 1 aliphatic heterocycles. The van der Waals surface area contributed by atoms with Gasteiger partial charge in [-0.1, -0.05) is 30.3 Å². The highest BCUT2D eigenvalue weighted by Gasteiger charge is 2.44. The van der Waals surface area contributed by atoms with E-state index in [4.69, 9.17) is 0 Å². The van der Waals surface area contributed by atoms with Gasteiger partial charge in [-0.05, 0) is 35.2 Å². The summed E-state index contributed by atoms with van der Waals surface area (Å²) >= 11 is 0. The molecule has 0 radical (unpaired) electrons. The minimum absolute atomic E-state index is 0.0758. The fourth-order valence-corrected chi connectivity index (χ4v) is 5.40. The third-order valence-corrected chi connectivity index (χ3v) is 7.17. The van der Waals surface area contributed by atoms with Crippen molar-refractivity contribution >= 4 is 32.6 Å². The van der Waals surface area contributed by atoms with Crippen molar-refractivity contribution in [2.45, 2.75) is 38.3 Å². The summed E-state index contributed by atoms with van der Waals surface area (Å²) in [7, 11) is -3.69. The first-order valence-corrected chi connectivity index (χ1v) is 12.5. The molecule has 2 atom stereocenters. The van der Waals surface area contributed by atoms with E-state index in [1.807, 2.05) is 0 Å². The number of likely N-dealkylation sites (tertiary alicyclic amines) is 1. The summed E-state index contributed by atoms with van der Waals surface area (Å²) in [5.74, 6) is -6.47. The lowest BCUT2D eigenvalue weighted by molar-refractivity contribution is -0.141. The first kappa shape index (κ1) is 24.0. The van der Waals surface area contributed by atoms with E-state index in [1.165, 1.54) is 23.2 Å². The number of hydrogen-bond donors (Lipinski definition) is 0. The van der Waals surface area contributed by atoms with Crippen LogP contribution in [-0.2, 0) is 26.2 Å². The molecule has 180 valence electrons. The summed E-state index contributed by atoms with van der Waals surface area (Å²) in [6, 6.07) is 11.9. The number of fused-ring (bicyclic) bond motifs is 1. The fourth-order valence-electron chi connectivity index (χ4n) is 4.61. The lowest BCUT2D eigenvalue weighted by Crippen LogP contribution is -2.31. The molecule has 2 aromatic carbocycles. The first-order chi connectivity index (χ1) is 15.9. The largest absolute Gasteiger partial charge is 0.331 e. The number of Topliss-reactive ketones (excluding diaryl/α,β-unsaturated/α-hetero) is 1. The SMILES string of the molecule is CC(F)(F)C(=O)C[C@H]1CC(=O)N(Cc2cc(F)cc3c2ccn3S(C)(=O)=O)[C@@H]1c1ccccc1. The molecular weight excluding hydrogens is 469 g/mol. The zero-order valence-corrected chi connectivity index (χ0v) is 19.4. The van der Waals surface area contributed by atoms with Crippen molar-refractivity contribution in [3.8, 4) is 0 Å². The molecule has 1 saturated heterocycles. The molecule has 1 fully saturated rings.